The minimum absolute atomic E-state index is 0.129. The first kappa shape index (κ1) is 18.1. The van der Waals surface area contributed by atoms with E-state index in [2.05, 4.69) is 25.6 Å². The normalized spacial score (nSPS) is 16.0. The van der Waals surface area contributed by atoms with Crippen molar-refractivity contribution in [3.63, 3.8) is 0 Å². The minimum atomic E-state index is -0.494. The molecule has 1 N–H and O–H groups in total. The average Bonchev–Trinajstić information content (AvgIpc) is 2.52. The molecule has 0 spiro atoms. The molecule has 0 saturated carbocycles. The van der Waals surface area contributed by atoms with Gasteiger partial charge in [-0.3, -0.25) is 10.2 Å². The second-order valence-electron chi connectivity index (χ2n) is 6.60. The van der Waals surface area contributed by atoms with Crippen molar-refractivity contribution < 1.29 is 14.3 Å². The van der Waals surface area contributed by atoms with E-state index in [9.17, 15) is 4.79 Å². The van der Waals surface area contributed by atoms with Gasteiger partial charge in [0.2, 0.25) is 0 Å². The lowest BCUT2D eigenvalue weighted by Gasteiger charge is -2.27. The molecule has 1 aromatic heterocycles. The Labute approximate surface area is 142 Å². The van der Waals surface area contributed by atoms with Gasteiger partial charge in [0.1, 0.15) is 5.60 Å². The number of morpholine rings is 1. The van der Waals surface area contributed by atoms with Gasteiger partial charge in [0, 0.05) is 18.8 Å². The van der Waals surface area contributed by atoms with E-state index in [1.165, 1.54) is 0 Å². The Bertz CT molecular complexity index is 574. The number of nitrogens with one attached hydrogen (secondary N) is 1. The van der Waals surface area contributed by atoms with Crippen molar-refractivity contribution >= 4 is 23.3 Å². The molecule has 0 atom stereocenters. The predicted molar refractivity (Wildman–Crippen MR) is 92.3 cm³/mol. The summed E-state index contributed by atoms with van der Waals surface area (Å²) in [5.74, 6) is 1.04. The molecule has 0 amide bonds. The van der Waals surface area contributed by atoms with E-state index in [1.807, 2.05) is 32.9 Å². The third-order valence-electron chi connectivity index (χ3n) is 3.17. The smallest absolute Gasteiger partial charge is 0.312 e. The number of hydrogen-bond acceptors (Lipinski definition) is 8. The van der Waals surface area contributed by atoms with Gasteiger partial charge in [0.15, 0.2) is 11.6 Å². The Balaban J connectivity index is 1.85. The maximum absolute atomic E-state index is 11.7. The highest BCUT2D eigenvalue weighted by molar-refractivity contribution is 5.97. The Morgan fingerprint density at radius 1 is 1.33 bits per heavy atom. The summed E-state index contributed by atoms with van der Waals surface area (Å²) in [5, 5.41) is 12.4. The van der Waals surface area contributed by atoms with Gasteiger partial charge in [-0.25, -0.2) is 0 Å². The van der Waals surface area contributed by atoms with Crippen LogP contribution in [0.1, 0.15) is 34.1 Å². The summed E-state index contributed by atoms with van der Waals surface area (Å²) in [6.45, 7) is 10.3. The van der Waals surface area contributed by atoms with Crippen LogP contribution in [0.25, 0.3) is 0 Å². The summed E-state index contributed by atoms with van der Waals surface area (Å²) < 4.78 is 10.6. The van der Waals surface area contributed by atoms with Gasteiger partial charge in [-0.15, -0.1) is 10.2 Å². The Kier molecular flexibility index (Phi) is 6.08. The molecule has 0 aliphatic carbocycles. The second-order valence-corrected chi connectivity index (χ2v) is 6.60. The third kappa shape index (κ3) is 6.11. The number of rotatable bonds is 5. The van der Waals surface area contributed by atoms with Gasteiger partial charge in [0.05, 0.1) is 19.6 Å². The molecule has 1 fully saturated rings. The van der Waals surface area contributed by atoms with Crippen molar-refractivity contribution in [1.29, 1.82) is 0 Å². The number of nitrogens with zero attached hydrogens (tertiary/aromatic N) is 4. The van der Waals surface area contributed by atoms with Crippen LogP contribution < -0.4 is 10.3 Å². The molecule has 24 heavy (non-hydrogen) atoms. The first-order chi connectivity index (χ1) is 11.3. The zero-order valence-corrected chi connectivity index (χ0v) is 14.7. The van der Waals surface area contributed by atoms with Crippen molar-refractivity contribution in [2.24, 2.45) is 5.10 Å². The van der Waals surface area contributed by atoms with E-state index >= 15 is 0 Å². The molecule has 8 nitrogen and oxygen atoms in total. The molecule has 1 aromatic rings. The minimum Gasteiger partial charge on any atom is -0.460 e. The number of carbonyl (C=O) groups excluding carboxylic acids is 1. The maximum atomic E-state index is 11.7. The third-order valence-corrected chi connectivity index (χ3v) is 3.17. The van der Waals surface area contributed by atoms with Crippen LogP contribution in [0, 0.1) is 0 Å². The summed E-state index contributed by atoms with van der Waals surface area (Å²) in [7, 11) is 0. The molecule has 2 heterocycles. The molecule has 1 aliphatic heterocycles. The molecule has 0 radical (unpaired) electrons. The van der Waals surface area contributed by atoms with Gasteiger partial charge in [0.25, 0.3) is 0 Å². The van der Waals surface area contributed by atoms with Crippen LogP contribution in [0.15, 0.2) is 17.2 Å². The molecule has 0 bridgehead atoms. The van der Waals surface area contributed by atoms with Crippen molar-refractivity contribution in [1.82, 2.24) is 10.2 Å². The fourth-order valence-electron chi connectivity index (χ4n) is 2.12. The monoisotopic (exact) mass is 335 g/mol. The highest BCUT2D eigenvalue weighted by Crippen LogP contribution is 2.13. The van der Waals surface area contributed by atoms with E-state index in [4.69, 9.17) is 9.47 Å². The lowest BCUT2D eigenvalue weighted by atomic mass is 10.2. The largest absolute Gasteiger partial charge is 0.460 e. The van der Waals surface area contributed by atoms with Crippen molar-refractivity contribution in [3.05, 3.63) is 12.1 Å². The summed E-state index contributed by atoms with van der Waals surface area (Å²) in [5.41, 5.74) is 2.93. The van der Waals surface area contributed by atoms with Gasteiger partial charge in [-0.2, -0.15) is 5.10 Å². The first-order valence-electron chi connectivity index (χ1n) is 8.01. The van der Waals surface area contributed by atoms with Gasteiger partial charge in [-0.05, 0) is 39.8 Å². The molecular formula is C16H25N5O3. The number of esters is 1. The molecule has 0 unspecified atom stereocenters. The van der Waals surface area contributed by atoms with E-state index in [-0.39, 0.29) is 12.4 Å². The topological polar surface area (TPSA) is 88.9 Å². The quantitative estimate of drug-likeness (QED) is 0.499. The van der Waals surface area contributed by atoms with Crippen molar-refractivity contribution in [3.8, 4) is 0 Å². The van der Waals surface area contributed by atoms with Crippen molar-refractivity contribution in [2.75, 3.05) is 36.6 Å². The Morgan fingerprint density at radius 2 is 2.04 bits per heavy atom. The lowest BCUT2D eigenvalue weighted by Crippen LogP contribution is -2.36. The van der Waals surface area contributed by atoms with E-state index < -0.39 is 5.60 Å². The van der Waals surface area contributed by atoms with Crippen LogP contribution in [0.2, 0.25) is 0 Å². The maximum Gasteiger partial charge on any atom is 0.312 e. The SMILES string of the molecule is C/C(CC(=O)OC(C)(C)C)=N\Nc1ccc(N2CCOCC2)nn1. The molecule has 132 valence electrons. The molecule has 2 rings (SSSR count). The van der Waals surface area contributed by atoms with Crippen LogP contribution in [-0.4, -0.2) is 53.8 Å². The number of hydrazone groups is 1. The Hall–Kier alpha value is -2.22. The number of hydrogen-bond donors (Lipinski definition) is 1. The van der Waals surface area contributed by atoms with Gasteiger partial charge in [-0.1, -0.05) is 0 Å². The van der Waals surface area contributed by atoms with E-state index in [0.717, 1.165) is 18.9 Å². The summed E-state index contributed by atoms with van der Waals surface area (Å²) >= 11 is 0. The van der Waals surface area contributed by atoms with Gasteiger partial charge >= 0.3 is 5.97 Å². The predicted octanol–water partition coefficient (Wildman–Crippen LogP) is 1.83. The lowest BCUT2D eigenvalue weighted by molar-refractivity contribution is -0.153. The van der Waals surface area contributed by atoms with Crippen LogP contribution in [-0.2, 0) is 14.3 Å². The second kappa shape index (κ2) is 8.05. The van der Waals surface area contributed by atoms with Gasteiger partial charge < -0.3 is 14.4 Å². The zero-order chi connectivity index (χ0) is 17.6. The Morgan fingerprint density at radius 3 is 2.62 bits per heavy atom. The standard InChI is InChI=1S/C16H25N5O3/c1-12(11-15(22)24-16(2,3)4)17-18-13-5-6-14(20-19-13)21-7-9-23-10-8-21/h5-6H,7-11H2,1-4H3,(H,18,19)/b17-12+. The molecular weight excluding hydrogens is 310 g/mol. The number of anilines is 2. The van der Waals surface area contributed by atoms with Crippen LogP contribution in [0.3, 0.4) is 0 Å². The summed E-state index contributed by atoms with van der Waals surface area (Å²) in [4.78, 5) is 13.8. The van der Waals surface area contributed by atoms with E-state index in [0.29, 0.717) is 24.7 Å². The first-order valence-corrected chi connectivity index (χ1v) is 8.01. The molecule has 8 heteroatoms. The van der Waals surface area contributed by atoms with Crippen molar-refractivity contribution in [2.45, 2.75) is 39.7 Å². The molecule has 1 aliphatic rings. The molecule has 0 aromatic carbocycles. The highest BCUT2D eigenvalue weighted by Gasteiger charge is 2.17. The number of carbonyl (C=O) groups is 1. The molecule has 1 saturated heterocycles. The number of aromatic nitrogens is 2. The van der Waals surface area contributed by atoms with Crippen LogP contribution in [0.5, 0.6) is 0 Å². The van der Waals surface area contributed by atoms with Crippen LogP contribution in [0.4, 0.5) is 11.6 Å². The average molecular weight is 335 g/mol. The zero-order valence-electron chi connectivity index (χ0n) is 14.7. The van der Waals surface area contributed by atoms with Crippen LogP contribution >= 0.6 is 0 Å². The fraction of sp³-hybridized carbons (Fsp3) is 0.625. The summed E-state index contributed by atoms with van der Waals surface area (Å²) in [6, 6.07) is 3.70. The number of ether oxygens (including phenoxy) is 2. The summed E-state index contributed by atoms with van der Waals surface area (Å²) in [6.07, 6.45) is 0.129. The van der Waals surface area contributed by atoms with E-state index in [1.54, 1.807) is 6.92 Å². The highest BCUT2D eigenvalue weighted by atomic mass is 16.6. The fourth-order valence-corrected chi connectivity index (χ4v) is 2.12.